The van der Waals surface area contributed by atoms with Crippen molar-refractivity contribution in [2.75, 3.05) is 39.8 Å². The Morgan fingerprint density at radius 1 is 0.940 bits per heavy atom. The van der Waals surface area contributed by atoms with E-state index in [1.807, 2.05) is 60.5 Å². The van der Waals surface area contributed by atoms with Crippen molar-refractivity contribution in [3.8, 4) is 0 Å². The Labute approximate surface area is 399 Å². The van der Waals surface area contributed by atoms with E-state index < -0.39 is 113 Å². The van der Waals surface area contributed by atoms with E-state index in [1.54, 1.807) is 45.7 Å². The molecule has 4 N–H and O–H groups in total. The highest BCUT2D eigenvalue weighted by Crippen LogP contribution is 2.49. The van der Waals surface area contributed by atoms with Gasteiger partial charge < -0.3 is 58.7 Å². The van der Waals surface area contributed by atoms with Gasteiger partial charge >= 0.3 is 11.9 Å². The molecule has 0 amide bonds. The number of ether oxygens (including phenoxy) is 8. The molecule has 6 heterocycles. The van der Waals surface area contributed by atoms with E-state index in [2.05, 4.69) is 15.1 Å². The van der Waals surface area contributed by atoms with Crippen LogP contribution < -0.4 is 5.73 Å². The number of aliphatic hydroxyl groups excluding tert-OH is 2. The molecular weight excluding hydrogens is 889 g/mol. The summed E-state index contributed by atoms with van der Waals surface area (Å²) < 4.78 is 53.4. The van der Waals surface area contributed by atoms with E-state index in [-0.39, 0.29) is 37.2 Å². The Bertz CT molecular complexity index is 2050. The number of likely N-dealkylation sites (N-methyl/N-ethyl adjacent to an activating group) is 1. The fourth-order valence-corrected chi connectivity index (χ4v) is 12.7. The summed E-state index contributed by atoms with van der Waals surface area (Å²) >= 11 is 1.35. The second kappa shape index (κ2) is 21.1. The Morgan fingerprint density at radius 2 is 1.63 bits per heavy atom. The zero-order valence-electron chi connectivity index (χ0n) is 41.7. The topological polar surface area (TPSA) is 238 Å². The SMILES string of the molecule is CC[C@H]1OC(=O)[C@H](C)[C@@H](O[C@H]2C[C@@](C)(OC)[C@@H](O)[C@@H](C)O2)[C@H](C)[C@@H](O[C@@H]2O[C@H](C)C[C@H](N(C)C)[C@H]2O)[C@](C)(OC)C[C@@H](C)C(=O)[C@@H](C)C2C(SCCn3ncc4c(N)ncnc43)C(=O)O[C@@]21C. The van der Waals surface area contributed by atoms with Crippen LogP contribution in [0.3, 0.4) is 0 Å². The summed E-state index contributed by atoms with van der Waals surface area (Å²) in [5.41, 5.74) is 2.88. The second-order valence-corrected chi connectivity index (χ2v) is 21.5. The third-order valence-corrected chi connectivity index (χ3v) is 16.6. The third-order valence-electron chi connectivity index (χ3n) is 15.3. The number of fused-ring (bicyclic) bond motifs is 2. The monoisotopic (exact) mass is 965 g/mol. The van der Waals surface area contributed by atoms with Crippen LogP contribution in [0.4, 0.5) is 5.82 Å². The molecule has 67 heavy (non-hydrogen) atoms. The zero-order valence-corrected chi connectivity index (χ0v) is 42.6. The minimum Gasteiger partial charge on any atom is -0.458 e. The molecule has 4 aliphatic heterocycles. The summed E-state index contributed by atoms with van der Waals surface area (Å²) in [4.78, 5) is 54.6. The van der Waals surface area contributed by atoms with Crippen LogP contribution in [0.25, 0.3) is 11.0 Å². The lowest BCUT2D eigenvalue weighted by molar-refractivity contribution is -0.319. The molecule has 0 aliphatic carbocycles. The van der Waals surface area contributed by atoms with E-state index in [0.29, 0.717) is 35.6 Å². The summed E-state index contributed by atoms with van der Waals surface area (Å²) in [7, 11) is 6.84. The second-order valence-electron chi connectivity index (χ2n) is 20.2. The summed E-state index contributed by atoms with van der Waals surface area (Å²) in [6.45, 7) is 18.5. The number of aromatic nitrogens is 4. The highest BCUT2D eigenvalue weighted by molar-refractivity contribution is 8.00. The van der Waals surface area contributed by atoms with Gasteiger partial charge in [-0.2, -0.15) is 5.10 Å². The van der Waals surface area contributed by atoms with Crippen molar-refractivity contribution in [1.82, 2.24) is 24.6 Å². The van der Waals surface area contributed by atoms with Gasteiger partial charge in [0.05, 0.1) is 59.7 Å². The van der Waals surface area contributed by atoms with Crippen molar-refractivity contribution in [1.29, 1.82) is 0 Å². The van der Waals surface area contributed by atoms with E-state index >= 15 is 4.79 Å². The summed E-state index contributed by atoms with van der Waals surface area (Å²) in [5, 5.41) is 27.2. The van der Waals surface area contributed by atoms with Crippen LogP contribution in [0.1, 0.15) is 94.9 Å². The van der Waals surface area contributed by atoms with Crippen molar-refractivity contribution >= 4 is 46.3 Å². The molecular formula is C47H76N6O13S. The van der Waals surface area contributed by atoms with Crippen molar-refractivity contribution < 1.29 is 62.5 Å². The Balaban J connectivity index is 1.41. The Hall–Kier alpha value is -3.05. The largest absolute Gasteiger partial charge is 0.458 e. The number of aryl methyl sites for hydroxylation is 1. The molecule has 0 aromatic carbocycles. The first-order valence-corrected chi connectivity index (χ1v) is 24.7. The molecule has 0 bridgehead atoms. The molecule has 4 fully saturated rings. The number of rotatable bonds is 12. The third kappa shape index (κ3) is 10.5. The molecule has 0 spiro atoms. The fourth-order valence-electron chi connectivity index (χ4n) is 11.2. The summed E-state index contributed by atoms with van der Waals surface area (Å²) in [5.74, 6) is -4.48. The van der Waals surface area contributed by atoms with Crippen molar-refractivity contribution in [3.05, 3.63) is 12.5 Å². The highest BCUT2D eigenvalue weighted by Gasteiger charge is 2.62. The van der Waals surface area contributed by atoms with Crippen molar-refractivity contribution in [2.24, 2.45) is 29.6 Å². The fraction of sp³-hybridized carbons (Fsp3) is 0.830. The predicted molar refractivity (Wildman–Crippen MR) is 248 cm³/mol. The van der Waals surface area contributed by atoms with Crippen molar-refractivity contribution in [3.63, 3.8) is 0 Å². The number of nitrogens with two attached hydrogens (primary N) is 1. The van der Waals surface area contributed by atoms with Crippen LogP contribution >= 0.6 is 11.8 Å². The smallest absolute Gasteiger partial charge is 0.320 e. The number of ketones is 1. The van der Waals surface area contributed by atoms with Crippen LogP contribution in [-0.2, 0) is 58.8 Å². The molecule has 6 rings (SSSR count). The van der Waals surface area contributed by atoms with Gasteiger partial charge in [-0.05, 0) is 74.9 Å². The normalized spacial score (nSPS) is 42.6. The van der Waals surface area contributed by atoms with Gasteiger partial charge in [0.1, 0.15) is 41.5 Å². The number of cyclic esters (lactones) is 1. The molecule has 378 valence electrons. The van der Waals surface area contributed by atoms with Crippen molar-refractivity contribution in [2.45, 2.75) is 185 Å². The number of thioether (sulfide) groups is 1. The molecule has 0 radical (unpaired) electrons. The first kappa shape index (κ1) is 53.3. The van der Waals surface area contributed by atoms with Gasteiger partial charge in [0.25, 0.3) is 0 Å². The number of methoxy groups -OCH3 is 2. The predicted octanol–water partition coefficient (Wildman–Crippen LogP) is 3.78. The molecule has 19 atom stereocenters. The average Bonchev–Trinajstić information content (AvgIpc) is 3.82. The van der Waals surface area contributed by atoms with Gasteiger partial charge in [0.15, 0.2) is 23.8 Å². The molecule has 2 unspecified atom stereocenters. The first-order valence-electron chi connectivity index (χ1n) is 23.7. The minimum absolute atomic E-state index is 0.119. The van der Waals surface area contributed by atoms with Gasteiger partial charge in [0, 0.05) is 56.1 Å². The lowest BCUT2D eigenvalue weighted by atomic mass is 9.70. The van der Waals surface area contributed by atoms with Gasteiger partial charge in [-0.1, -0.05) is 27.7 Å². The molecule has 2 aromatic rings. The zero-order chi connectivity index (χ0) is 49.5. The number of esters is 2. The van der Waals surface area contributed by atoms with E-state index in [1.165, 1.54) is 25.2 Å². The number of hydrogen-bond donors (Lipinski definition) is 3. The number of nitrogens with zero attached hydrogens (tertiary/aromatic N) is 5. The first-order chi connectivity index (χ1) is 31.4. The lowest BCUT2D eigenvalue weighted by Crippen LogP contribution is -2.61. The summed E-state index contributed by atoms with van der Waals surface area (Å²) in [6, 6.07) is -0.303. The molecule has 4 aliphatic rings. The van der Waals surface area contributed by atoms with Gasteiger partial charge in [-0.25, -0.2) is 14.6 Å². The molecule has 2 aromatic heterocycles. The highest BCUT2D eigenvalue weighted by atomic mass is 32.2. The van der Waals surface area contributed by atoms with Gasteiger partial charge in [0.2, 0.25) is 0 Å². The number of hydrogen-bond acceptors (Lipinski definition) is 19. The number of anilines is 1. The Morgan fingerprint density at radius 3 is 2.27 bits per heavy atom. The maximum absolute atomic E-state index is 15.1. The number of nitrogen functional groups attached to an aromatic ring is 1. The number of aliphatic hydroxyl groups is 2. The maximum Gasteiger partial charge on any atom is 0.320 e. The van der Waals surface area contributed by atoms with Gasteiger partial charge in [-0.3, -0.25) is 14.4 Å². The van der Waals surface area contributed by atoms with Crippen LogP contribution in [0.2, 0.25) is 0 Å². The summed E-state index contributed by atoms with van der Waals surface area (Å²) in [6.07, 6.45) is -4.03. The maximum atomic E-state index is 15.1. The molecule has 19 nitrogen and oxygen atoms in total. The standard InChI is InChI=1S/C47H76N6O13S/c1-15-31-47(10)33(37(43(58)66-47)67-17-16-53-41-29(21-51-53)40(48)49-22-50-41)25(4)34(54)23(2)19-46(9,60-14)39(65-44-35(55)30(52(11)12)18-24(3)61-44)26(5)36(27(6)42(57)63-31)64-32-20-45(8,59-13)38(56)28(7)62-32/h21-28,30-33,35-39,44,55-56H,15-20H2,1-14H3,(H2,48,49,50)/t23-,24-,25+,26+,27-,28-,30+,31-,32+,33?,35-,36+,37?,38+,39-,44+,45-,46-,47-/m1/s1. The average molecular weight is 965 g/mol. The van der Waals surface area contributed by atoms with E-state index in [0.717, 1.165) is 0 Å². The molecule has 4 saturated heterocycles. The Kier molecular flexibility index (Phi) is 16.8. The number of carbonyl (C=O) groups excluding carboxylic acids is 3. The van der Waals surface area contributed by atoms with E-state index in [4.69, 9.17) is 43.6 Å². The minimum atomic E-state index is -1.41. The lowest BCUT2D eigenvalue weighted by Gasteiger charge is -2.50. The van der Waals surface area contributed by atoms with Crippen LogP contribution in [-0.4, -0.2) is 170 Å². The number of Topliss-reactive ketones (excluding diaryl/α,β-unsaturated/α-hetero) is 1. The van der Waals surface area contributed by atoms with Crippen LogP contribution in [0.15, 0.2) is 12.5 Å². The van der Waals surface area contributed by atoms with Crippen LogP contribution in [0, 0.1) is 29.6 Å². The van der Waals surface area contributed by atoms with E-state index in [9.17, 15) is 19.8 Å². The quantitative estimate of drug-likeness (QED) is 0.257. The molecule has 20 heteroatoms. The molecule has 0 saturated carbocycles. The number of carbonyl (C=O) groups is 3. The van der Waals surface area contributed by atoms with Gasteiger partial charge in [-0.15, -0.1) is 11.8 Å². The van der Waals surface area contributed by atoms with Crippen LogP contribution in [0.5, 0.6) is 0 Å².